The Balaban J connectivity index is 2.06. The lowest BCUT2D eigenvalue weighted by atomic mass is 10.1. The standard InChI is InChI=1S/C13H15N3O/c1-10-4-3-5-12(11(10)2)15-13(17)8-16-7-6-14-9-16/h3-7,9H,8H2,1-2H3,(H,15,17). The summed E-state index contributed by atoms with van der Waals surface area (Å²) in [6.07, 6.45) is 5.05. The van der Waals surface area contributed by atoms with Crippen molar-refractivity contribution < 1.29 is 4.79 Å². The third kappa shape index (κ3) is 2.72. The molecule has 1 N–H and O–H groups in total. The van der Waals surface area contributed by atoms with Crippen molar-refractivity contribution in [3.05, 3.63) is 48.0 Å². The fourth-order valence-electron chi connectivity index (χ4n) is 1.62. The smallest absolute Gasteiger partial charge is 0.244 e. The summed E-state index contributed by atoms with van der Waals surface area (Å²) in [6.45, 7) is 4.32. The zero-order chi connectivity index (χ0) is 12.3. The molecule has 0 saturated heterocycles. The number of benzene rings is 1. The third-order valence-electron chi connectivity index (χ3n) is 2.76. The van der Waals surface area contributed by atoms with Crippen molar-refractivity contribution >= 4 is 11.6 Å². The number of hydrogen-bond acceptors (Lipinski definition) is 2. The fourth-order valence-corrected chi connectivity index (χ4v) is 1.62. The normalized spacial score (nSPS) is 10.2. The highest BCUT2D eigenvalue weighted by molar-refractivity contribution is 5.91. The van der Waals surface area contributed by atoms with Crippen LogP contribution in [0.25, 0.3) is 0 Å². The van der Waals surface area contributed by atoms with Crippen LogP contribution in [0.1, 0.15) is 11.1 Å². The number of amides is 1. The van der Waals surface area contributed by atoms with Crippen LogP contribution in [0.3, 0.4) is 0 Å². The SMILES string of the molecule is Cc1cccc(NC(=O)Cn2ccnc2)c1C. The first kappa shape index (κ1) is 11.4. The van der Waals surface area contributed by atoms with Crippen LogP contribution in [-0.2, 0) is 11.3 Å². The van der Waals surface area contributed by atoms with Crippen molar-refractivity contribution in [2.45, 2.75) is 20.4 Å². The van der Waals surface area contributed by atoms with Crippen molar-refractivity contribution in [2.75, 3.05) is 5.32 Å². The Morgan fingerprint density at radius 3 is 2.94 bits per heavy atom. The van der Waals surface area contributed by atoms with Gasteiger partial charge in [0.2, 0.25) is 5.91 Å². The Hall–Kier alpha value is -2.10. The predicted octanol–water partition coefficient (Wildman–Crippen LogP) is 2.14. The molecule has 4 heteroatoms. The molecule has 0 aliphatic heterocycles. The quantitative estimate of drug-likeness (QED) is 0.876. The van der Waals surface area contributed by atoms with Gasteiger partial charge in [-0.05, 0) is 31.0 Å². The second-order valence-electron chi connectivity index (χ2n) is 4.03. The molecule has 0 spiro atoms. The van der Waals surface area contributed by atoms with E-state index in [1.54, 1.807) is 23.3 Å². The Bertz CT molecular complexity index is 517. The summed E-state index contributed by atoms with van der Waals surface area (Å²) < 4.78 is 1.74. The van der Waals surface area contributed by atoms with Crippen LogP contribution in [0.15, 0.2) is 36.9 Å². The number of nitrogens with zero attached hydrogens (tertiary/aromatic N) is 2. The summed E-state index contributed by atoms with van der Waals surface area (Å²) in [6, 6.07) is 5.88. The summed E-state index contributed by atoms with van der Waals surface area (Å²) in [5.41, 5.74) is 3.15. The second kappa shape index (κ2) is 4.82. The lowest BCUT2D eigenvalue weighted by Crippen LogP contribution is -2.18. The Kier molecular flexibility index (Phi) is 3.23. The van der Waals surface area contributed by atoms with Crippen LogP contribution in [0.4, 0.5) is 5.69 Å². The molecule has 1 heterocycles. The van der Waals surface area contributed by atoms with Crippen molar-refractivity contribution in [3.8, 4) is 0 Å². The Labute approximate surface area is 100 Å². The van der Waals surface area contributed by atoms with Crippen molar-refractivity contribution in [1.29, 1.82) is 0 Å². The molecule has 0 fully saturated rings. The van der Waals surface area contributed by atoms with E-state index >= 15 is 0 Å². The summed E-state index contributed by atoms with van der Waals surface area (Å²) >= 11 is 0. The van der Waals surface area contributed by atoms with Crippen LogP contribution in [-0.4, -0.2) is 15.5 Å². The maximum Gasteiger partial charge on any atom is 0.244 e. The van der Waals surface area contributed by atoms with Gasteiger partial charge in [0.1, 0.15) is 6.54 Å². The van der Waals surface area contributed by atoms with Crippen LogP contribution in [0.5, 0.6) is 0 Å². The number of aromatic nitrogens is 2. The van der Waals surface area contributed by atoms with Gasteiger partial charge in [0.25, 0.3) is 0 Å². The number of anilines is 1. The van der Waals surface area contributed by atoms with Crippen molar-refractivity contribution in [3.63, 3.8) is 0 Å². The van der Waals surface area contributed by atoms with E-state index in [4.69, 9.17) is 0 Å². The molecule has 0 aliphatic rings. The van der Waals surface area contributed by atoms with Crippen LogP contribution in [0.2, 0.25) is 0 Å². The highest BCUT2D eigenvalue weighted by Crippen LogP contribution is 2.17. The lowest BCUT2D eigenvalue weighted by Gasteiger charge is -2.10. The van der Waals surface area contributed by atoms with Gasteiger partial charge in [-0.15, -0.1) is 0 Å². The average molecular weight is 229 g/mol. The number of hydrogen-bond donors (Lipinski definition) is 1. The van der Waals surface area contributed by atoms with Crippen LogP contribution >= 0.6 is 0 Å². The molecule has 1 aromatic heterocycles. The van der Waals surface area contributed by atoms with Crippen LogP contribution in [0, 0.1) is 13.8 Å². The minimum absolute atomic E-state index is 0.0447. The summed E-state index contributed by atoms with van der Waals surface area (Å²) in [5.74, 6) is -0.0447. The molecule has 2 rings (SSSR count). The first-order chi connectivity index (χ1) is 8.16. The van der Waals surface area contributed by atoms with E-state index in [-0.39, 0.29) is 12.5 Å². The molecular weight excluding hydrogens is 214 g/mol. The molecule has 17 heavy (non-hydrogen) atoms. The highest BCUT2D eigenvalue weighted by atomic mass is 16.1. The molecule has 0 bridgehead atoms. The van der Waals surface area contributed by atoms with E-state index < -0.39 is 0 Å². The van der Waals surface area contributed by atoms with E-state index in [9.17, 15) is 4.79 Å². The molecule has 1 aromatic carbocycles. The minimum Gasteiger partial charge on any atom is -0.328 e. The number of carbonyl (C=O) groups excluding carboxylic acids is 1. The van der Waals surface area contributed by atoms with Crippen molar-refractivity contribution in [1.82, 2.24) is 9.55 Å². The fraction of sp³-hybridized carbons (Fsp3) is 0.231. The minimum atomic E-state index is -0.0447. The van der Waals surface area contributed by atoms with Gasteiger partial charge < -0.3 is 9.88 Å². The summed E-state index contributed by atoms with van der Waals surface area (Å²) in [4.78, 5) is 15.7. The number of aryl methyl sites for hydroxylation is 1. The Morgan fingerprint density at radius 1 is 1.41 bits per heavy atom. The van der Waals surface area contributed by atoms with Gasteiger partial charge in [-0.3, -0.25) is 4.79 Å². The monoisotopic (exact) mass is 229 g/mol. The molecule has 88 valence electrons. The van der Waals surface area contributed by atoms with Gasteiger partial charge >= 0.3 is 0 Å². The molecule has 1 amide bonds. The number of imidazole rings is 1. The van der Waals surface area contributed by atoms with E-state index in [0.29, 0.717) is 0 Å². The molecule has 0 unspecified atom stereocenters. The van der Waals surface area contributed by atoms with E-state index in [2.05, 4.69) is 10.3 Å². The number of nitrogens with one attached hydrogen (secondary N) is 1. The lowest BCUT2D eigenvalue weighted by molar-refractivity contribution is -0.116. The molecule has 2 aromatic rings. The van der Waals surface area contributed by atoms with Gasteiger partial charge in [-0.25, -0.2) is 4.98 Å². The first-order valence-electron chi connectivity index (χ1n) is 5.48. The first-order valence-corrected chi connectivity index (χ1v) is 5.48. The van der Waals surface area contributed by atoms with Crippen molar-refractivity contribution in [2.24, 2.45) is 0 Å². The zero-order valence-corrected chi connectivity index (χ0v) is 9.97. The highest BCUT2D eigenvalue weighted by Gasteiger charge is 2.06. The van der Waals surface area contributed by atoms with Gasteiger partial charge in [0.15, 0.2) is 0 Å². The second-order valence-corrected chi connectivity index (χ2v) is 4.03. The third-order valence-corrected chi connectivity index (χ3v) is 2.76. The van der Waals surface area contributed by atoms with E-state index in [0.717, 1.165) is 11.3 Å². The van der Waals surface area contributed by atoms with Gasteiger partial charge in [-0.2, -0.15) is 0 Å². The largest absolute Gasteiger partial charge is 0.328 e. The maximum atomic E-state index is 11.8. The van der Waals surface area contributed by atoms with E-state index in [1.165, 1.54) is 5.56 Å². The molecule has 0 atom stereocenters. The Morgan fingerprint density at radius 2 is 2.24 bits per heavy atom. The van der Waals surface area contributed by atoms with Gasteiger partial charge in [0, 0.05) is 18.1 Å². The molecule has 0 aliphatic carbocycles. The van der Waals surface area contributed by atoms with Gasteiger partial charge in [0.05, 0.1) is 6.33 Å². The molecular formula is C13H15N3O. The topological polar surface area (TPSA) is 46.9 Å². The number of carbonyl (C=O) groups is 1. The van der Waals surface area contributed by atoms with Gasteiger partial charge in [-0.1, -0.05) is 12.1 Å². The summed E-state index contributed by atoms with van der Waals surface area (Å²) in [7, 11) is 0. The summed E-state index contributed by atoms with van der Waals surface area (Å²) in [5, 5.41) is 2.90. The average Bonchev–Trinajstić information content (AvgIpc) is 2.77. The van der Waals surface area contributed by atoms with E-state index in [1.807, 2.05) is 32.0 Å². The molecule has 0 saturated carbocycles. The maximum absolute atomic E-state index is 11.8. The predicted molar refractivity (Wildman–Crippen MR) is 66.8 cm³/mol. The molecule has 4 nitrogen and oxygen atoms in total. The number of rotatable bonds is 3. The van der Waals surface area contributed by atoms with Crippen LogP contribution < -0.4 is 5.32 Å². The molecule has 0 radical (unpaired) electrons. The zero-order valence-electron chi connectivity index (χ0n) is 9.97.